The molecule has 0 bridgehead atoms. The first-order chi connectivity index (χ1) is 9.70. The van der Waals surface area contributed by atoms with Crippen LogP contribution in [0.4, 0.5) is 4.39 Å². The van der Waals surface area contributed by atoms with E-state index < -0.39 is 0 Å². The fraction of sp³-hybridized carbons (Fsp3) is 0.357. The number of halogens is 2. The second-order valence-electron chi connectivity index (χ2n) is 4.24. The number of methoxy groups -OCH3 is 1. The molecular weight excluding hydrogens is 283 g/mol. The highest BCUT2D eigenvalue weighted by Gasteiger charge is 2.10. The third kappa shape index (κ3) is 4.03. The Morgan fingerprint density at radius 3 is 3.00 bits per heavy atom. The van der Waals surface area contributed by atoms with Gasteiger partial charge in [-0.25, -0.2) is 9.37 Å². The van der Waals surface area contributed by atoms with E-state index in [-0.39, 0.29) is 5.82 Å². The Labute approximate surface area is 121 Å². The zero-order valence-corrected chi connectivity index (χ0v) is 11.9. The van der Waals surface area contributed by atoms with Gasteiger partial charge in [0.15, 0.2) is 11.7 Å². The fourth-order valence-electron chi connectivity index (χ4n) is 1.73. The number of benzene rings is 1. The maximum Gasteiger partial charge on any atom is 0.196 e. The smallest absolute Gasteiger partial charge is 0.196 e. The molecule has 0 atom stereocenters. The van der Waals surface area contributed by atoms with Gasteiger partial charge in [-0.05, 0) is 18.2 Å². The Hall–Kier alpha value is -1.43. The summed E-state index contributed by atoms with van der Waals surface area (Å²) in [6, 6.07) is 4.18. The average Bonchev–Trinajstić information content (AvgIpc) is 2.87. The Morgan fingerprint density at radius 2 is 2.25 bits per heavy atom. The van der Waals surface area contributed by atoms with Crippen molar-refractivity contribution >= 4 is 11.6 Å². The van der Waals surface area contributed by atoms with Crippen LogP contribution >= 0.6 is 11.6 Å². The number of hydrogen-bond donors (Lipinski definition) is 1. The van der Waals surface area contributed by atoms with Crippen LogP contribution in [0.1, 0.15) is 5.89 Å². The molecule has 108 valence electrons. The first kappa shape index (κ1) is 15.0. The average molecular weight is 299 g/mol. The van der Waals surface area contributed by atoms with Crippen molar-refractivity contribution in [3.8, 4) is 11.3 Å². The minimum atomic E-state index is -0.374. The number of hydrogen-bond acceptors (Lipinski definition) is 4. The summed E-state index contributed by atoms with van der Waals surface area (Å²) in [6.45, 7) is 2.20. The Balaban J connectivity index is 1.95. The van der Waals surface area contributed by atoms with E-state index in [1.54, 1.807) is 19.4 Å². The van der Waals surface area contributed by atoms with Crippen LogP contribution < -0.4 is 5.32 Å². The molecule has 0 saturated carbocycles. The fourth-order valence-corrected chi connectivity index (χ4v) is 1.99. The van der Waals surface area contributed by atoms with E-state index in [9.17, 15) is 4.39 Å². The van der Waals surface area contributed by atoms with Gasteiger partial charge < -0.3 is 14.5 Å². The molecule has 0 unspecified atom stereocenters. The van der Waals surface area contributed by atoms with E-state index in [0.717, 1.165) is 13.1 Å². The molecule has 1 aromatic heterocycles. The predicted octanol–water partition coefficient (Wildman–Crippen LogP) is 2.91. The number of oxazole rings is 1. The predicted molar refractivity (Wildman–Crippen MR) is 75.4 cm³/mol. The maximum absolute atomic E-state index is 13.0. The van der Waals surface area contributed by atoms with Gasteiger partial charge >= 0.3 is 0 Å². The summed E-state index contributed by atoms with van der Waals surface area (Å²) in [5.41, 5.74) is 0.638. The summed E-state index contributed by atoms with van der Waals surface area (Å²) in [5.74, 6) is 0.785. The summed E-state index contributed by atoms with van der Waals surface area (Å²) in [6.07, 6.45) is 2.27. The lowest BCUT2D eigenvalue weighted by Crippen LogP contribution is -2.21. The van der Waals surface area contributed by atoms with E-state index in [1.807, 2.05) is 0 Å². The van der Waals surface area contributed by atoms with E-state index in [0.29, 0.717) is 35.3 Å². The van der Waals surface area contributed by atoms with Crippen LogP contribution in [0.3, 0.4) is 0 Å². The molecule has 0 amide bonds. The van der Waals surface area contributed by atoms with Crippen LogP contribution in [0.2, 0.25) is 5.02 Å². The van der Waals surface area contributed by atoms with Gasteiger partial charge in [0.2, 0.25) is 0 Å². The number of rotatable bonds is 7. The molecule has 20 heavy (non-hydrogen) atoms. The van der Waals surface area contributed by atoms with Crippen molar-refractivity contribution in [3.63, 3.8) is 0 Å². The van der Waals surface area contributed by atoms with E-state index in [2.05, 4.69) is 10.3 Å². The summed E-state index contributed by atoms with van der Waals surface area (Å²) in [7, 11) is 1.66. The highest BCUT2D eigenvalue weighted by molar-refractivity contribution is 6.33. The third-order valence-electron chi connectivity index (χ3n) is 2.75. The van der Waals surface area contributed by atoms with Gasteiger partial charge in [0, 0.05) is 32.2 Å². The molecule has 4 nitrogen and oxygen atoms in total. The maximum atomic E-state index is 13.0. The number of aromatic nitrogens is 1. The van der Waals surface area contributed by atoms with E-state index in [4.69, 9.17) is 20.8 Å². The van der Waals surface area contributed by atoms with Crippen molar-refractivity contribution in [1.29, 1.82) is 0 Å². The van der Waals surface area contributed by atoms with Crippen LogP contribution in [-0.2, 0) is 11.2 Å². The largest absolute Gasteiger partial charge is 0.441 e. The van der Waals surface area contributed by atoms with E-state index >= 15 is 0 Å². The topological polar surface area (TPSA) is 47.3 Å². The summed E-state index contributed by atoms with van der Waals surface area (Å²) in [4.78, 5) is 4.18. The Kier molecular flexibility index (Phi) is 5.52. The lowest BCUT2D eigenvalue weighted by Gasteiger charge is -2.02. The molecule has 0 aliphatic heterocycles. The molecule has 0 radical (unpaired) electrons. The van der Waals surface area contributed by atoms with Gasteiger partial charge in [-0.2, -0.15) is 0 Å². The van der Waals surface area contributed by atoms with Crippen molar-refractivity contribution in [3.05, 3.63) is 41.1 Å². The Bertz CT molecular complexity index is 560. The van der Waals surface area contributed by atoms with Crippen molar-refractivity contribution in [1.82, 2.24) is 10.3 Å². The molecule has 0 spiro atoms. The molecule has 1 aromatic carbocycles. The van der Waals surface area contributed by atoms with Crippen LogP contribution in [0.15, 0.2) is 28.8 Å². The number of nitrogens with zero attached hydrogens (tertiary/aromatic N) is 1. The molecule has 0 aliphatic carbocycles. The number of nitrogens with one attached hydrogen (secondary N) is 1. The highest BCUT2D eigenvalue weighted by Crippen LogP contribution is 2.28. The second kappa shape index (κ2) is 7.38. The molecule has 1 N–H and O–H groups in total. The summed E-state index contributed by atoms with van der Waals surface area (Å²) >= 11 is 5.98. The molecule has 6 heteroatoms. The zero-order valence-electron chi connectivity index (χ0n) is 11.2. The van der Waals surface area contributed by atoms with Crippen molar-refractivity contribution < 1.29 is 13.5 Å². The molecule has 0 fully saturated rings. The SMILES string of the molecule is COCCNCCc1ncc(-c2ccc(F)cc2Cl)o1. The third-order valence-corrected chi connectivity index (χ3v) is 3.06. The lowest BCUT2D eigenvalue weighted by molar-refractivity contribution is 0.199. The van der Waals surface area contributed by atoms with Gasteiger partial charge in [-0.15, -0.1) is 0 Å². The molecule has 2 aromatic rings. The minimum Gasteiger partial charge on any atom is -0.441 e. The van der Waals surface area contributed by atoms with E-state index in [1.165, 1.54) is 12.1 Å². The minimum absolute atomic E-state index is 0.311. The van der Waals surface area contributed by atoms with Crippen molar-refractivity contribution in [2.45, 2.75) is 6.42 Å². The molecule has 0 aliphatic rings. The van der Waals surface area contributed by atoms with Crippen molar-refractivity contribution in [2.75, 3.05) is 26.8 Å². The number of ether oxygens (including phenoxy) is 1. The van der Waals surface area contributed by atoms with Gasteiger partial charge in [-0.1, -0.05) is 11.6 Å². The molecular formula is C14H16ClFN2O2. The van der Waals surface area contributed by atoms with Crippen LogP contribution in [0.5, 0.6) is 0 Å². The first-order valence-electron chi connectivity index (χ1n) is 6.30. The lowest BCUT2D eigenvalue weighted by atomic mass is 10.2. The quantitative estimate of drug-likeness (QED) is 0.799. The van der Waals surface area contributed by atoms with Gasteiger partial charge in [0.1, 0.15) is 5.82 Å². The summed E-state index contributed by atoms with van der Waals surface area (Å²) < 4.78 is 23.5. The standard InChI is InChI=1S/C14H16ClFN2O2/c1-19-7-6-17-5-4-14-18-9-13(20-14)11-3-2-10(16)8-12(11)15/h2-3,8-9,17H,4-7H2,1H3. The second-order valence-corrected chi connectivity index (χ2v) is 4.64. The molecule has 1 heterocycles. The van der Waals surface area contributed by atoms with Crippen molar-refractivity contribution in [2.24, 2.45) is 0 Å². The zero-order chi connectivity index (χ0) is 14.4. The van der Waals surface area contributed by atoms with Gasteiger partial charge in [0.05, 0.1) is 17.8 Å². The van der Waals surface area contributed by atoms with Crippen LogP contribution in [0, 0.1) is 5.82 Å². The first-order valence-corrected chi connectivity index (χ1v) is 6.68. The molecule has 0 saturated heterocycles. The van der Waals surface area contributed by atoms with Gasteiger partial charge in [0.25, 0.3) is 0 Å². The van der Waals surface area contributed by atoms with Crippen LogP contribution in [0.25, 0.3) is 11.3 Å². The highest BCUT2D eigenvalue weighted by atomic mass is 35.5. The molecule has 2 rings (SSSR count). The summed E-state index contributed by atoms with van der Waals surface area (Å²) in [5, 5.41) is 3.51. The monoisotopic (exact) mass is 298 g/mol. The van der Waals surface area contributed by atoms with Crippen LogP contribution in [-0.4, -0.2) is 31.8 Å². The van der Waals surface area contributed by atoms with Gasteiger partial charge in [-0.3, -0.25) is 0 Å². The normalized spacial score (nSPS) is 10.9. The Morgan fingerprint density at radius 1 is 1.40 bits per heavy atom.